The first kappa shape index (κ1) is 22.1. The van der Waals surface area contributed by atoms with E-state index in [4.69, 9.17) is 9.47 Å². The van der Waals surface area contributed by atoms with E-state index in [1.165, 1.54) is 0 Å². The van der Waals surface area contributed by atoms with E-state index >= 15 is 0 Å². The Morgan fingerprint density at radius 1 is 0.970 bits per heavy atom. The first-order valence-corrected chi connectivity index (χ1v) is 12.0. The van der Waals surface area contributed by atoms with Crippen LogP contribution < -0.4 is 0 Å². The number of morpholine rings is 1. The Labute approximate surface area is 195 Å². The molecule has 3 fully saturated rings. The molecule has 0 saturated carbocycles. The molecule has 2 aromatic carbocycles. The van der Waals surface area contributed by atoms with Crippen LogP contribution in [-0.4, -0.2) is 73.2 Å². The van der Waals surface area contributed by atoms with Crippen LogP contribution >= 0.6 is 0 Å². The minimum atomic E-state index is -1.02. The normalized spacial score (nSPS) is 26.2. The molecular weight excluding hydrogens is 416 g/mol. The summed E-state index contributed by atoms with van der Waals surface area (Å²) in [6.07, 6.45) is 2.30. The molecule has 3 heterocycles. The van der Waals surface area contributed by atoms with Crippen molar-refractivity contribution in [1.29, 1.82) is 0 Å². The summed E-state index contributed by atoms with van der Waals surface area (Å²) >= 11 is 0. The zero-order valence-electron chi connectivity index (χ0n) is 19.0. The predicted octanol–water partition coefficient (Wildman–Crippen LogP) is 2.88. The summed E-state index contributed by atoms with van der Waals surface area (Å²) in [6.45, 7) is 4.08. The van der Waals surface area contributed by atoms with E-state index < -0.39 is 5.60 Å². The van der Waals surface area contributed by atoms with Gasteiger partial charge in [0.25, 0.3) is 5.91 Å². The van der Waals surface area contributed by atoms with Crippen molar-refractivity contribution in [2.75, 3.05) is 46.0 Å². The van der Waals surface area contributed by atoms with Crippen LogP contribution in [0.5, 0.6) is 0 Å². The Balaban J connectivity index is 1.39. The molecule has 33 heavy (non-hydrogen) atoms. The van der Waals surface area contributed by atoms with Gasteiger partial charge in [-0.25, -0.2) is 0 Å². The van der Waals surface area contributed by atoms with Gasteiger partial charge in [0.15, 0.2) is 5.60 Å². The number of carbonyl (C=O) groups is 2. The number of ether oxygens (including phenoxy) is 2. The van der Waals surface area contributed by atoms with Crippen LogP contribution in [0.2, 0.25) is 0 Å². The maximum Gasteiger partial charge on any atom is 0.257 e. The number of carbonyl (C=O) groups excluding carboxylic acids is 2. The largest absolute Gasteiger partial charge is 0.381 e. The Hall–Kier alpha value is -2.70. The first-order valence-electron chi connectivity index (χ1n) is 12.0. The van der Waals surface area contributed by atoms with Gasteiger partial charge in [-0.05, 0) is 29.9 Å². The molecule has 6 nitrogen and oxygen atoms in total. The second-order valence-corrected chi connectivity index (χ2v) is 9.44. The van der Waals surface area contributed by atoms with E-state index in [1.807, 2.05) is 58.3 Å². The third-order valence-corrected chi connectivity index (χ3v) is 7.33. The summed E-state index contributed by atoms with van der Waals surface area (Å²) in [6, 6.07) is 19.9. The molecule has 5 rings (SSSR count). The van der Waals surface area contributed by atoms with Crippen LogP contribution in [-0.2, 0) is 25.5 Å². The topological polar surface area (TPSA) is 59.1 Å². The van der Waals surface area contributed by atoms with Gasteiger partial charge in [-0.15, -0.1) is 0 Å². The van der Waals surface area contributed by atoms with Gasteiger partial charge in [0.05, 0.1) is 19.6 Å². The number of hydrogen-bond acceptors (Lipinski definition) is 4. The smallest absolute Gasteiger partial charge is 0.257 e. The number of hydrogen-bond donors (Lipinski definition) is 0. The number of rotatable bonds is 5. The molecule has 0 radical (unpaired) electrons. The molecule has 0 aliphatic carbocycles. The van der Waals surface area contributed by atoms with Crippen molar-refractivity contribution in [2.45, 2.75) is 30.8 Å². The Kier molecular flexibility index (Phi) is 6.47. The minimum Gasteiger partial charge on any atom is -0.381 e. The zero-order chi connectivity index (χ0) is 22.7. The molecule has 3 aliphatic heterocycles. The van der Waals surface area contributed by atoms with E-state index in [1.54, 1.807) is 0 Å². The van der Waals surface area contributed by atoms with Crippen molar-refractivity contribution < 1.29 is 19.1 Å². The molecule has 0 aromatic heterocycles. The molecule has 6 heteroatoms. The van der Waals surface area contributed by atoms with E-state index in [0.717, 1.165) is 43.7 Å². The maximum atomic E-state index is 13.9. The van der Waals surface area contributed by atoms with Crippen LogP contribution in [0.1, 0.15) is 29.9 Å². The molecular formula is C27H32N2O4. The molecule has 2 amide bonds. The third kappa shape index (κ3) is 4.55. The zero-order valence-corrected chi connectivity index (χ0v) is 19.0. The van der Waals surface area contributed by atoms with Crippen molar-refractivity contribution in [3.05, 3.63) is 71.8 Å². The van der Waals surface area contributed by atoms with Crippen LogP contribution in [0.15, 0.2) is 60.7 Å². The summed E-state index contributed by atoms with van der Waals surface area (Å²) in [5.74, 6) is 0.429. The number of benzene rings is 2. The second kappa shape index (κ2) is 9.65. The SMILES string of the molecule is O=C(Cc1ccccc1)N1CCOC2(C1)C(=O)N(CC1CCOCC1)CC2c1ccccc1. The van der Waals surface area contributed by atoms with Gasteiger partial charge in [0.2, 0.25) is 5.91 Å². The molecule has 3 saturated heterocycles. The Morgan fingerprint density at radius 3 is 2.39 bits per heavy atom. The van der Waals surface area contributed by atoms with E-state index in [0.29, 0.717) is 38.6 Å². The van der Waals surface area contributed by atoms with Gasteiger partial charge in [0.1, 0.15) is 0 Å². The summed E-state index contributed by atoms with van der Waals surface area (Å²) in [5.41, 5.74) is 1.07. The second-order valence-electron chi connectivity index (χ2n) is 9.44. The quantitative estimate of drug-likeness (QED) is 0.706. The van der Waals surface area contributed by atoms with Crippen molar-refractivity contribution in [3.63, 3.8) is 0 Å². The number of amides is 2. The lowest BCUT2D eigenvalue weighted by molar-refractivity contribution is -0.167. The highest BCUT2D eigenvalue weighted by atomic mass is 16.5. The van der Waals surface area contributed by atoms with E-state index in [9.17, 15) is 9.59 Å². The summed E-state index contributed by atoms with van der Waals surface area (Å²) in [5, 5.41) is 0. The monoisotopic (exact) mass is 448 g/mol. The van der Waals surface area contributed by atoms with Crippen LogP contribution in [0.4, 0.5) is 0 Å². The highest BCUT2D eigenvalue weighted by Crippen LogP contribution is 2.42. The molecule has 174 valence electrons. The Bertz CT molecular complexity index is 961. The molecule has 0 N–H and O–H groups in total. The van der Waals surface area contributed by atoms with Gasteiger partial charge >= 0.3 is 0 Å². The highest BCUT2D eigenvalue weighted by Gasteiger charge is 2.58. The van der Waals surface area contributed by atoms with Crippen molar-refractivity contribution in [1.82, 2.24) is 9.80 Å². The average Bonchev–Trinajstić information content (AvgIpc) is 3.11. The fourth-order valence-corrected chi connectivity index (χ4v) is 5.51. The fraction of sp³-hybridized carbons (Fsp3) is 0.481. The fourth-order valence-electron chi connectivity index (χ4n) is 5.51. The van der Waals surface area contributed by atoms with E-state index in [-0.39, 0.29) is 17.7 Å². The van der Waals surface area contributed by atoms with Crippen molar-refractivity contribution in [2.24, 2.45) is 5.92 Å². The van der Waals surface area contributed by atoms with Crippen LogP contribution in [0.3, 0.4) is 0 Å². The molecule has 0 bridgehead atoms. The van der Waals surface area contributed by atoms with Crippen LogP contribution in [0, 0.1) is 5.92 Å². The van der Waals surface area contributed by atoms with Gasteiger partial charge in [-0.1, -0.05) is 60.7 Å². The lowest BCUT2D eigenvalue weighted by Crippen LogP contribution is -2.59. The average molecular weight is 449 g/mol. The van der Waals surface area contributed by atoms with E-state index in [2.05, 4.69) is 12.1 Å². The van der Waals surface area contributed by atoms with Crippen LogP contribution in [0.25, 0.3) is 0 Å². The Morgan fingerprint density at radius 2 is 1.67 bits per heavy atom. The summed E-state index contributed by atoms with van der Waals surface area (Å²) in [4.78, 5) is 30.9. The molecule has 1 spiro atoms. The van der Waals surface area contributed by atoms with Gasteiger partial charge in [0, 0.05) is 38.8 Å². The lowest BCUT2D eigenvalue weighted by atomic mass is 9.83. The maximum absolute atomic E-state index is 13.9. The van der Waals surface area contributed by atoms with Crippen molar-refractivity contribution in [3.8, 4) is 0 Å². The van der Waals surface area contributed by atoms with Gasteiger partial charge in [-0.2, -0.15) is 0 Å². The first-order chi connectivity index (χ1) is 16.2. The van der Waals surface area contributed by atoms with Gasteiger partial charge < -0.3 is 19.3 Å². The lowest BCUT2D eigenvalue weighted by Gasteiger charge is -2.42. The summed E-state index contributed by atoms with van der Waals surface area (Å²) < 4.78 is 11.9. The molecule has 2 atom stereocenters. The molecule has 3 aliphatic rings. The third-order valence-electron chi connectivity index (χ3n) is 7.33. The molecule has 2 aromatic rings. The van der Waals surface area contributed by atoms with Gasteiger partial charge in [-0.3, -0.25) is 9.59 Å². The number of likely N-dealkylation sites (tertiary alicyclic amines) is 1. The highest BCUT2D eigenvalue weighted by molar-refractivity contribution is 5.91. The minimum absolute atomic E-state index is 0.0278. The molecule has 2 unspecified atom stereocenters. The summed E-state index contributed by atoms with van der Waals surface area (Å²) in [7, 11) is 0. The number of nitrogens with zero attached hydrogens (tertiary/aromatic N) is 2. The standard InChI is InChI=1S/C27H32N2O4/c30-25(17-21-7-3-1-4-8-21)28-13-16-33-27(20-28)24(23-9-5-2-6-10-23)19-29(26(27)31)18-22-11-14-32-15-12-22/h1-10,22,24H,11-20H2. The predicted molar refractivity (Wildman–Crippen MR) is 125 cm³/mol. The van der Waals surface area contributed by atoms with Crippen molar-refractivity contribution >= 4 is 11.8 Å².